The van der Waals surface area contributed by atoms with Gasteiger partial charge in [-0.05, 0) is 49.8 Å². The molecule has 0 radical (unpaired) electrons. The first kappa shape index (κ1) is 17.7. The second kappa shape index (κ2) is 8.29. The van der Waals surface area contributed by atoms with Gasteiger partial charge in [-0.1, -0.05) is 35.3 Å². The van der Waals surface area contributed by atoms with E-state index in [1.807, 2.05) is 18.2 Å². The molecule has 0 aromatic heterocycles. The van der Waals surface area contributed by atoms with Gasteiger partial charge in [-0.3, -0.25) is 0 Å². The molecule has 0 spiro atoms. The van der Waals surface area contributed by atoms with Crippen LogP contribution in [0.3, 0.4) is 0 Å². The lowest BCUT2D eigenvalue weighted by atomic mass is 10.0. The third kappa shape index (κ3) is 4.92. The number of benzene rings is 1. The Kier molecular flexibility index (Phi) is 6.38. The van der Waals surface area contributed by atoms with E-state index in [9.17, 15) is 5.26 Å². The van der Waals surface area contributed by atoms with Crippen LogP contribution in [0.4, 0.5) is 0 Å². The Balaban J connectivity index is 1.95. The Labute approximate surface area is 147 Å². The van der Waals surface area contributed by atoms with E-state index in [1.165, 1.54) is 0 Å². The van der Waals surface area contributed by atoms with Crippen LogP contribution in [0.5, 0.6) is 0 Å². The summed E-state index contributed by atoms with van der Waals surface area (Å²) in [6, 6.07) is 7.73. The van der Waals surface area contributed by atoms with E-state index < -0.39 is 5.66 Å². The lowest BCUT2D eigenvalue weighted by molar-refractivity contribution is 0.502. The first-order chi connectivity index (χ1) is 11.1. The summed E-state index contributed by atoms with van der Waals surface area (Å²) in [7, 11) is 0. The molecule has 0 saturated carbocycles. The van der Waals surface area contributed by atoms with Gasteiger partial charge in [0.1, 0.15) is 6.07 Å². The van der Waals surface area contributed by atoms with Crippen LogP contribution in [-0.2, 0) is 6.42 Å². The summed E-state index contributed by atoms with van der Waals surface area (Å²) in [6.45, 7) is 3.70. The molecule has 2 rings (SSSR count). The summed E-state index contributed by atoms with van der Waals surface area (Å²) in [4.78, 5) is 8.88. The van der Waals surface area contributed by atoms with Crippen LogP contribution in [0.15, 0.2) is 40.8 Å². The van der Waals surface area contributed by atoms with E-state index in [2.05, 4.69) is 22.6 Å². The maximum atomic E-state index is 9.42. The van der Waals surface area contributed by atoms with Crippen molar-refractivity contribution >= 4 is 35.1 Å². The van der Waals surface area contributed by atoms with E-state index >= 15 is 0 Å². The Hall–Kier alpha value is -1.63. The molecule has 0 bridgehead atoms. The molecule has 1 atom stereocenters. The first-order valence-corrected chi connectivity index (χ1v) is 8.44. The Morgan fingerprint density at radius 2 is 2.09 bits per heavy atom. The minimum absolute atomic E-state index is 0.626. The van der Waals surface area contributed by atoms with Crippen LogP contribution < -0.4 is 0 Å². The van der Waals surface area contributed by atoms with E-state index in [0.29, 0.717) is 22.9 Å². The molecule has 23 heavy (non-hydrogen) atoms. The maximum absolute atomic E-state index is 9.42. The molecule has 0 fully saturated rings. The molecule has 1 aromatic rings. The molecule has 1 aliphatic rings. The summed E-state index contributed by atoms with van der Waals surface area (Å²) in [5, 5.41) is 10.7. The number of rotatable bonds is 8. The SMILES string of the molecule is C=CCCCCC1(C#N)N=CC(CCc2ccc(Cl)cc2Cl)=N1. The number of nitriles is 1. The fourth-order valence-corrected chi connectivity index (χ4v) is 2.98. The van der Waals surface area contributed by atoms with Crippen LogP contribution >= 0.6 is 23.2 Å². The van der Waals surface area contributed by atoms with Gasteiger partial charge in [0.2, 0.25) is 5.66 Å². The van der Waals surface area contributed by atoms with Gasteiger partial charge in [-0.15, -0.1) is 6.58 Å². The highest BCUT2D eigenvalue weighted by atomic mass is 35.5. The highest BCUT2D eigenvalue weighted by Crippen LogP contribution is 2.26. The average molecular weight is 348 g/mol. The van der Waals surface area contributed by atoms with Gasteiger partial charge >= 0.3 is 0 Å². The van der Waals surface area contributed by atoms with Gasteiger partial charge in [0.05, 0.1) is 5.71 Å². The largest absolute Gasteiger partial charge is 0.247 e. The van der Waals surface area contributed by atoms with Crippen molar-refractivity contribution in [1.29, 1.82) is 5.26 Å². The normalized spacial score (nSPS) is 19.4. The van der Waals surface area contributed by atoms with Crippen molar-refractivity contribution in [3.8, 4) is 6.07 Å². The summed E-state index contributed by atoms with van der Waals surface area (Å²) >= 11 is 12.1. The third-order valence-electron chi connectivity index (χ3n) is 3.78. The second-order valence-corrected chi connectivity index (χ2v) is 6.40. The smallest absolute Gasteiger partial charge is 0.237 e. The number of aliphatic imine (C=N–C) groups is 2. The Morgan fingerprint density at radius 3 is 2.78 bits per heavy atom. The number of hydrogen-bond acceptors (Lipinski definition) is 3. The topological polar surface area (TPSA) is 48.5 Å². The molecular weight excluding hydrogens is 329 g/mol. The van der Waals surface area contributed by atoms with Crippen molar-refractivity contribution in [2.75, 3.05) is 0 Å². The standard InChI is InChI=1S/C18H19Cl2N3/c1-2-3-4-5-10-18(13-21)22-12-16(23-18)9-7-14-6-8-15(19)11-17(14)20/h2,6,8,11-12H,1,3-5,7,9-10H2. The highest BCUT2D eigenvalue weighted by Gasteiger charge is 2.31. The van der Waals surface area contributed by atoms with Crippen molar-refractivity contribution < 1.29 is 0 Å². The van der Waals surface area contributed by atoms with Crippen molar-refractivity contribution in [2.45, 2.75) is 44.2 Å². The van der Waals surface area contributed by atoms with Crippen molar-refractivity contribution in [1.82, 2.24) is 0 Å². The third-order valence-corrected chi connectivity index (χ3v) is 4.37. The van der Waals surface area contributed by atoms with Crippen molar-refractivity contribution in [3.05, 3.63) is 46.5 Å². The minimum atomic E-state index is -0.930. The molecule has 3 nitrogen and oxygen atoms in total. The van der Waals surface area contributed by atoms with Crippen LogP contribution in [-0.4, -0.2) is 17.6 Å². The zero-order chi connectivity index (χ0) is 16.7. The quantitative estimate of drug-likeness (QED) is 0.457. The number of hydrogen-bond donors (Lipinski definition) is 0. The lowest BCUT2D eigenvalue weighted by Crippen LogP contribution is -2.19. The molecule has 0 amide bonds. The van der Waals surface area contributed by atoms with E-state index in [1.54, 1.807) is 12.3 Å². The molecule has 5 heteroatoms. The Bertz CT molecular complexity index is 673. The van der Waals surface area contributed by atoms with Crippen LogP contribution in [0.2, 0.25) is 10.0 Å². The average Bonchev–Trinajstić information content (AvgIpc) is 2.95. The van der Waals surface area contributed by atoms with E-state index in [4.69, 9.17) is 23.2 Å². The molecular formula is C18H19Cl2N3. The van der Waals surface area contributed by atoms with Gasteiger partial charge in [-0.2, -0.15) is 5.26 Å². The predicted octanol–water partition coefficient (Wildman–Crippen LogP) is 5.42. The van der Waals surface area contributed by atoms with Crippen LogP contribution in [0.1, 0.15) is 37.7 Å². The van der Waals surface area contributed by atoms with Crippen molar-refractivity contribution in [3.63, 3.8) is 0 Å². The fourth-order valence-electron chi connectivity index (χ4n) is 2.47. The first-order valence-electron chi connectivity index (χ1n) is 7.68. The minimum Gasteiger partial charge on any atom is -0.247 e. The van der Waals surface area contributed by atoms with E-state index in [-0.39, 0.29) is 0 Å². The van der Waals surface area contributed by atoms with Gasteiger partial charge < -0.3 is 0 Å². The number of nitrogens with zero attached hydrogens (tertiary/aromatic N) is 3. The summed E-state index contributed by atoms with van der Waals surface area (Å²) < 4.78 is 0. The molecule has 1 aromatic carbocycles. The number of unbranched alkanes of at least 4 members (excludes halogenated alkanes) is 2. The molecule has 0 saturated heterocycles. The van der Waals surface area contributed by atoms with Gasteiger partial charge in [0.25, 0.3) is 0 Å². The Morgan fingerprint density at radius 1 is 1.26 bits per heavy atom. The van der Waals surface area contributed by atoms with Gasteiger partial charge in [0.15, 0.2) is 0 Å². The molecule has 1 aliphatic heterocycles. The van der Waals surface area contributed by atoms with Gasteiger partial charge in [-0.25, -0.2) is 9.98 Å². The molecule has 0 aliphatic carbocycles. The number of aryl methyl sites for hydroxylation is 1. The summed E-state index contributed by atoms with van der Waals surface area (Å²) in [6.07, 6.45) is 8.60. The number of allylic oxidation sites excluding steroid dienone is 1. The summed E-state index contributed by atoms with van der Waals surface area (Å²) in [5.74, 6) is 0. The number of halogens is 2. The monoisotopic (exact) mass is 347 g/mol. The van der Waals surface area contributed by atoms with E-state index in [0.717, 1.165) is 37.0 Å². The fraction of sp³-hybridized carbons (Fsp3) is 0.389. The highest BCUT2D eigenvalue weighted by molar-refractivity contribution is 6.35. The van der Waals surface area contributed by atoms with Crippen LogP contribution in [0.25, 0.3) is 0 Å². The second-order valence-electron chi connectivity index (χ2n) is 5.56. The molecule has 1 unspecified atom stereocenters. The van der Waals surface area contributed by atoms with Gasteiger partial charge in [0, 0.05) is 22.7 Å². The molecule has 1 heterocycles. The zero-order valence-corrected chi connectivity index (χ0v) is 14.4. The molecule has 120 valence electrons. The lowest BCUT2D eigenvalue weighted by Gasteiger charge is -2.13. The maximum Gasteiger partial charge on any atom is 0.237 e. The predicted molar refractivity (Wildman–Crippen MR) is 97.7 cm³/mol. The van der Waals surface area contributed by atoms with Crippen molar-refractivity contribution in [2.24, 2.45) is 9.98 Å². The van der Waals surface area contributed by atoms with Crippen LogP contribution in [0, 0.1) is 11.3 Å². The molecule has 0 N–H and O–H groups in total. The summed E-state index contributed by atoms with van der Waals surface area (Å²) in [5.41, 5.74) is 0.939. The zero-order valence-electron chi connectivity index (χ0n) is 12.9.